The van der Waals surface area contributed by atoms with Crippen molar-refractivity contribution in [3.63, 3.8) is 0 Å². The second kappa shape index (κ2) is 26.4. The fourth-order valence-corrected chi connectivity index (χ4v) is 84.8. The third kappa shape index (κ3) is 19.8. The van der Waals surface area contributed by atoms with Gasteiger partial charge in [0.2, 0.25) is 0 Å². The van der Waals surface area contributed by atoms with Crippen molar-refractivity contribution in [2.24, 2.45) is 0 Å². The van der Waals surface area contributed by atoms with Crippen LogP contribution in [0.3, 0.4) is 0 Å². The van der Waals surface area contributed by atoms with E-state index in [2.05, 4.69) is 210 Å². The van der Waals surface area contributed by atoms with E-state index in [-0.39, 0.29) is 0 Å². The monoisotopic (exact) mass is 1260 g/mol. The van der Waals surface area contributed by atoms with Gasteiger partial charge in [-0.05, 0) is 0 Å². The molecule has 0 nitrogen and oxygen atoms in total. The number of rotatable bonds is 0. The minimum absolute atomic E-state index is 1.21. The summed E-state index contributed by atoms with van der Waals surface area (Å²) in [5, 5.41) is 0. The molecular formula is C56H144Si16. The highest BCUT2D eigenvalue weighted by Crippen LogP contribution is 2.42. The fourth-order valence-electron chi connectivity index (χ4n) is 13.2. The quantitative estimate of drug-likeness (QED) is 0.212. The Morgan fingerprint density at radius 1 is 0.0972 bits per heavy atom. The molecule has 16 heteroatoms. The molecule has 0 radical (unpaired) electrons. The van der Waals surface area contributed by atoms with Gasteiger partial charge >= 0.3 is 0 Å². The molecule has 0 aliphatic carbocycles. The van der Waals surface area contributed by atoms with Gasteiger partial charge in [-0.15, -0.1) is 0 Å². The normalized spacial score (nSPS) is 30.7. The zero-order valence-electron chi connectivity index (χ0n) is 57.0. The van der Waals surface area contributed by atoms with Gasteiger partial charge in [-0.2, -0.15) is 0 Å². The second-order valence-corrected chi connectivity index (χ2v) is 170. The lowest BCUT2D eigenvalue weighted by atomic mass is 10.6. The maximum Gasteiger partial charge on any atom is 0.0412 e. The van der Waals surface area contributed by atoms with Crippen molar-refractivity contribution >= 4 is 121 Å². The van der Waals surface area contributed by atoms with Crippen molar-refractivity contribution < 1.29 is 0 Å². The molecule has 72 heavy (non-hydrogen) atoms. The largest absolute Gasteiger partial charge is 0.0713 e. The van der Waals surface area contributed by atoms with Crippen LogP contribution in [-0.4, -0.2) is 121 Å². The SMILES string of the molecule is C[Si]1(C)CCC[Si](C)(C)[Si](C)(C)CCC[Si](C)(C)[Si](C)(C)CCC[Si](C)(C)[Si](C)(C)CCC[Si](C)(C)[Si](C)(C)CCC[Si](C)(C)[Si](C)(C)CCC[Si](C)(C)[Si](C)(C)CCC[Si](C)(C)[Si](C)(C)CCC[Si]1(C)C. The standard InChI is InChI=1S/C56H144Si16/c1-57(2)41-33-43-59(5,6)61(9,10)45-35-47-63(13,14)65(17,18)49-37-51-67(21,22)69(25,26)53-39-55-71(29,30)72(31,32)56-40-54-70(27,28)68(23,24)52-38-50-66(19,20)64(15,16)48-36-46-62(11,12)60(7,8)44-34-42-58(57,3)4/h33-56H2,1-32H3. The van der Waals surface area contributed by atoms with Crippen LogP contribution < -0.4 is 0 Å². The molecule has 0 N–H and O–H groups in total. The minimum Gasteiger partial charge on any atom is -0.0713 e. The predicted molar refractivity (Wildman–Crippen MR) is 394 cm³/mol. The average Bonchev–Trinajstić information content (AvgIpc) is 3.15. The molecule has 1 fully saturated rings. The topological polar surface area (TPSA) is 0 Å². The molecule has 0 aromatic heterocycles. The van der Waals surface area contributed by atoms with E-state index < -0.39 is 121 Å². The molecule has 0 aromatic carbocycles. The summed E-state index contributed by atoms with van der Waals surface area (Å²) in [7, 11) is -19.4. The van der Waals surface area contributed by atoms with Crippen LogP contribution in [0.2, 0.25) is 306 Å². The summed E-state index contributed by atoms with van der Waals surface area (Å²) >= 11 is 0. The molecule has 1 heterocycles. The molecule has 0 spiro atoms. The van der Waals surface area contributed by atoms with Gasteiger partial charge in [0.15, 0.2) is 0 Å². The molecular weight excluding hydrogens is 1120 g/mol. The first-order valence-electron chi connectivity index (χ1n) is 31.7. The smallest absolute Gasteiger partial charge is 0.0412 e. The van der Waals surface area contributed by atoms with E-state index in [1.807, 2.05) is 0 Å². The van der Waals surface area contributed by atoms with E-state index >= 15 is 0 Å². The first-order valence-corrected chi connectivity index (χ1v) is 91.0. The molecule has 432 valence electrons. The van der Waals surface area contributed by atoms with Crippen LogP contribution in [0.15, 0.2) is 0 Å². The molecule has 1 saturated heterocycles. The van der Waals surface area contributed by atoms with Gasteiger partial charge in [-0.25, -0.2) is 0 Å². The Balaban J connectivity index is 3.38. The van der Waals surface area contributed by atoms with E-state index in [0.717, 1.165) is 0 Å². The Morgan fingerprint density at radius 2 is 0.139 bits per heavy atom. The van der Waals surface area contributed by atoms with Crippen LogP contribution >= 0.6 is 0 Å². The Bertz CT molecular complexity index is 1180. The van der Waals surface area contributed by atoms with Gasteiger partial charge in [0.1, 0.15) is 0 Å². The van der Waals surface area contributed by atoms with Crippen molar-refractivity contribution in [1.82, 2.24) is 0 Å². The maximum atomic E-state index is 2.87. The first-order chi connectivity index (χ1) is 31.7. The molecule has 0 amide bonds. The van der Waals surface area contributed by atoms with E-state index in [0.29, 0.717) is 0 Å². The Morgan fingerprint density at radius 3 is 0.181 bits per heavy atom. The van der Waals surface area contributed by atoms with E-state index in [9.17, 15) is 0 Å². The lowest BCUT2D eigenvalue weighted by molar-refractivity contribution is 0.988. The summed E-state index contributed by atoms with van der Waals surface area (Å²) in [6.07, 6.45) is 12.6. The summed E-state index contributed by atoms with van der Waals surface area (Å²) in [5.41, 5.74) is 0. The second-order valence-electron chi connectivity index (χ2n) is 37.0. The van der Waals surface area contributed by atoms with Gasteiger partial charge in [0.25, 0.3) is 0 Å². The van der Waals surface area contributed by atoms with E-state index in [4.69, 9.17) is 0 Å². The van der Waals surface area contributed by atoms with Crippen molar-refractivity contribution in [3.05, 3.63) is 0 Å². The third-order valence-corrected chi connectivity index (χ3v) is 182. The summed E-state index contributed by atoms with van der Waals surface area (Å²) in [6.45, 7) is 91.9. The molecule has 0 aromatic rings. The van der Waals surface area contributed by atoms with Gasteiger partial charge in [0.05, 0.1) is 0 Å². The minimum atomic E-state index is -1.21. The molecule has 0 bridgehead atoms. The van der Waals surface area contributed by atoms with Gasteiger partial charge in [0, 0.05) is 121 Å². The summed E-state index contributed by atoms with van der Waals surface area (Å²) < 4.78 is 0. The highest BCUT2D eigenvalue weighted by Gasteiger charge is 2.49. The van der Waals surface area contributed by atoms with Crippen molar-refractivity contribution in [2.45, 2.75) is 358 Å². The summed E-state index contributed by atoms with van der Waals surface area (Å²) in [5.74, 6) is 0. The van der Waals surface area contributed by atoms with E-state index in [1.54, 1.807) is 148 Å². The molecule has 1 aliphatic rings. The van der Waals surface area contributed by atoms with Crippen molar-refractivity contribution in [1.29, 1.82) is 0 Å². The molecule has 0 atom stereocenters. The number of hydrogen-bond donors (Lipinski definition) is 0. The lowest BCUT2D eigenvalue weighted by Gasteiger charge is -2.44. The van der Waals surface area contributed by atoms with Crippen LogP contribution in [0.1, 0.15) is 51.4 Å². The molecule has 1 rings (SSSR count). The Labute approximate surface area is 474 Å². The van der Waals surface area contributed by atoms with Crippen LogP contribution in [-0.2, 0) is 0 Å². The zero-order valence-corrected chi connectivity index (χ0v) is 73.0. The molecule has 0 saturated carbocycles. The lowest BCUT2D eigenvalue weighted by Crippen LogP contribution is -2.58. The zero-order chi connectivity index (χ0) is 57.0. The maximum absolute atomic E-state index is 2.87. The molecule has 1 aliphatic heterocycles. The van der Waals surface area contributed by atoms with Crippen molar-refractivity contribution in [2.75, 3.05) is 0 Å². The first kappa shape index (κ1) is 73.5. The average molecular weight is 1270 g/mol. The van der Waals surface area contributed by atoms with Crippen LogP contribution in [0, 0.1) is 0 Å². The van der Waals surface area contributed by atoms with E-state index in [1.165, 1.54) is 0 Å². The summed E-state index contributed by atoms with van der Waals surface area (Å²) in [6, 6.07) is 26.1. The van der Waals surface area contributed by atoms with Gasteiger partial charge in [-0.3, -0.25) is 0 Å². The van der Waals surface area contributed by atoms with Gasteiger partial charge in [-0.1, -0.05) is 358 Å². The third-order valence-electron chi connectivity index (χ3n) is 27.5. The highest BCUT2D eigenvalue weighted by molar-refractivity contribution is 7.45. The Kier molecular flexibility index (Phi) is 26.9. The van der Waals surface area contributed by atoms with Gasteiger partial charge < -0.3 is 0 Å². The summed E-state index contributed by atoms with van der Waals surface area (Å²) in [4.78, 5) is 0. The van der Waals surface area contributed by atoms with Crippen LogP contribution in [0.25, 0.3) is 0 Å². The fraction of sp³-hybridized carbons (Fsp3) is 1.00. The van der Waals surface area contributed by atoms with Crippen LogP contribution in [0.5, 0.6) is 0 Å². The van der Waals surface area contributed by atoms with Crippen LogP contribution in [0.4, 0.5) is 0 Å². The van der Waals surface area contributed by atoms with Crippen molar-refractivity contribution in [3.8, 4) is 0 Å². The predicted octanol–water partition coefficient (Wildman–Crippen LogP) is 23.1. The molecule has 0 unspecified atom stereocenters. The Hall–Kier alpha value is 3.47. The highest BCUT2D eigenvalue weighted by atomic mass is 29.3. The number of hydrogen-bond acceptors (Lipinski definition) is 0.